The van der Waals surface area contributed by atoms with Crippen molar-refractivity contribution in [2.75, 3.05) is 27.3 Å². The Hall–Kier alpha value is -1.75. The zero-order valence-electron chi connectivity index (χ0n) is 13.5. The summed E-state index contributed by atoms with van der Waals surface area (Å²) in [7, 11) is 3.24. The molecule has 2 N–H and O–H groups in total. The van der Waals surface area contributed by atoms with Crippen LogP contribution in [0.3, 0.4) is 0 Å². The summed E-state index contributed by atoms with van der Waals surface area (Å²) in [5.74, 6) is 1.50. The van der Waals surface area contributed by atoms with E-state index < -0.39 is 0 Å². The van der Waals surface area contributed by atoms with Crippen LogP contribution in [0.1, 0.15) is 31.2 Å². The number of benzene rings is 1. The van der Waals surface area contributed by atoms with E-state index in [9.17, 15) is 4.79 Å². The topological polar surface area (TPSA) is 59.6 Å². The van der Waals surface area contributed by atoms with E-state index in [2.05, 4.69) is 10.6 Å². The molecule has 0 aliphatic heterocycles. The molecule has 5 heteroatoms. The molecule has 1 saturated carbocycles. The number of methoxy groups -OCH3 is 2. The van der Waals surface area contributed by atoms with Crippen LogP contribution in [-0.2, 0) is 11.2 Å². The van der Waals surface area contributed by atoms with Crippen LogP contribution in [0.15, 0.2) is 18.2 Å². The van der Waals surface area contributed by atoms with Gasteiger partial charge in [-0.15, -0.1) is 0 Å². The number of carbonyl (C=O) groups excluding carboxylic acids is 1. The second kappa shape index (κ2) is 8.63. The molecule has 1 aromatic carbocycles. The molecule has 22 heavy (non-hydrogen) atoms. The monoisotopic (exact) mass is 306 g/mol. The Morgan fingerprint density at radius 1 is 1.18 bits per heavy atom. The van der Waals surface area contributed by atoms with Crippen molar-refractivity contribution in [2.45, 2.75) is 38.1 Å². The predicted octanol–water partition coefficient (Wildman–Crippen LogP) is 1.89. The molecule has 0 saturated heterocycles. The minimum absolute atomic E-state index is 0.0624. The molecule has 0 radical (unpaired) electrons. The van der Waals surface area contributed by atoms with Gasteiger partial charge in [-0.3, -0.25) is 4.79 Å². The van der Waals surface area contributed by atoms with E-state index in [0.29, 0.717) is 24.9 Å². The van der Waals surface area contributed by atoms with Crippen LogP contribution >= 0.6 is 0 Å². The van der Waals surface area contributed by atoms with Crippen molar-refractivity contribution in [3.05, 3.63) is 23.8 Å². The minimum atomic E-state index is 0.0624. The third kappa shape index (κ3) is 4.91. The average molecular weight is 306 g/mol. The van der Waals surface area contributed by atoms with Crippen LogP contribution in [0.2, 0.25) is 0 Å². The standard InChI is InChI=1S/C17H26N2O3/c1-21-15-8-7-13(11-16(15)22-2)9-10-18-17(20)12-19-14-5-3-4-6-14/h7-8,11,14,19H,3-6,9-10,12H2,1-2H3,(H,18,20). The fraction of sp³-hybridized carbons (Fsp3) is 0.588. The SMILES string of the molecule is COc1ccc(CCNC(=O)CNC2CCCC2)cc1OC. The molecule has 122 valence electrons. The van der Waals surface area contributed by atoms with Gasteiger partial charge >= 0.3 is 0 Å². The summed E-state index contributed by atoms with van der Waals surface area (Å²) in [5, 5.41) is 6.26. The van der Waals surface area contributed by atoms with Crippen molar-refractivity contribution >= 4 is 5.91 Å². The van der Waals surface area contributed by atoms with Crippen molar-refractivity contribution in [1.82, 2.24) is 10.6 Å². The lowest BCUT2D eigenvalue weighted by molar-refractivity contribution is -0.120. The number of hydrogen-bond donors (Lipinski definition) is 2. The highest BCUT2D eigenvalue weighted by atomic mass is 16.5. The van der Waals surface area contributed by atoms with Gasteiger partial charge in [-0.2, -0.15) is 0 Å². The summed E-state index contributed by atoms with van der Waals surface area (Å²) in [6.07, 6.45) is 5.71. The maximum Gasteiger partial charge on any atom is 0.233 e. The third-order valence-corrected chi connectivity index (χ3v) is 4.09. The van der Waals surface area contributed by atoms with Crippen molar-refractivity contribution in [3.8, 4) is 11.5 Å². The van der Waals surface area contributed by atoms with E-state index in [4.69, 9.17) is 9.47 Å². The van der Waals surface area contributed by atoms with Gasteiger partial charge in [0.1, 0.15) is 0 Å². The second-order valence-electron chi connectivity index (χ2n) is 5.65. The highest BCUT2D eigenvalue weighted by Gasteiger charge is 2.15. The van der Waals surface area contributed by atoms with Gasteiger partial charge in [-0.1, -0.05) is 18.9 Å². The van der Waals surface area contributed by atoms with Crippen molar-refractivity contribution in [3.63, 3.8) is 0 Å². The molecular weight excluding hydrogens is 280 g/mol. The summed E-state index contributed by atoms with van der Waals surface area (Å²) >= 11 is 0. The van der Waals surface area contributed by atoms with Gasteiger partial charge in [0.25, 0.3) is 0 Å². The van der Waals surface area contributed by atoms with Crippen LogP contribution in [0, 0.1) is 0 Å². The first-order chi connectivity index (χ1) is 10.7. The van der Waals surface area contributed by atoms with Crippen LogP contribution < -0.4 is 20.1 Å². The zero-order valence-corrected chi connectivity index (χ0v) is 13.5. The molecule has 1 aliphatic rings. The molecule has 0 atom stereocenters. The van der Waals surface area contributed by atoms with E-state index >= 15 is 0 Å². The number of carbonyl (C=O) groups is 1. The molecule has 1 aliphatic carbocycles. The molecule has 2 rings (SSSR count). The molecular formula is C17H26N2O3. The summed E-state index contributed by atoms with van der Waals surface area (Å²) in [4.78, 5) is 11.8. The molecule has 1 fully saturated rings. The lowest BCUT2D eigenvalue weighted by Gasteiger charge is -2.12. The first kappa shape index (κ1) is 16.6. The van der Waals surface area contributed by atoms with Crippen LogP contribution in [0.5, 0.6) is 11.5 Å². The lowest BCUT2D eigenvalue weighted by atomic mass is 10.1. The van der Waals surface area contributed by atoms with E-state index in [1.807, 2.05) is 18.2 Å². The largest absolute Gasteiger partial charge is 0.493 e. The van der Waals surface area contributed by atoms with Gasteiger partial charge in [0, 0.05) is 12.6 Å². The average Bonchev–Trinajstić information content (AvgIpc) is 3.06. The quantitative estimate of drug-likeness (QED) is 0.770. The summed E-state index contributed by atoms with van der Waals surface area (Å²) in [6.45, 7) is 1.04. The fourth-order valence-electron chi connectivity index (χ4n) is 2.81. The highest BCUT2D eigenvalue weighted by Crippen LogP contribution is 2.27. The van der Waals surface area contributed by atoms with Crippen LogP contribution in [0.25, 0.3) is 0 Å². The molecule has 5 nitrogen and oxygen atoms in total. The first-order valence-corrected chi connectivity index (χ1v) is 7.94. The Balaban J connectivity index is 1.70. The molecule has 0 unspecified atom stereocenters. The van der Waals surface area contributed by atoms with Crippen molar-refractivity contribution in [1.29, 1.82) is 0 Å². The van der Waals surface area contributed by atoms with E-state index in [1.165, 1.54) is 25.7 Å². The predicted molar refractivity (Wildman–Crippen MR) is 86.5 cm³/mol. The Kier molecular flexibility index (Phi) is 6.52. The molecule has 0 spiro atoms. The number of hydrogen-bond acceptors (Lipinski definition) is 4. The maximum atomic E-state index is 11.8. The Bertz CT molecular complexity index is 485. The zero-order chi connectivity index (χ0) is 15.8. The number of ether oxygens (including phenoxy) is 2. The smallest absolute Gasteiger partial charge is 0.233 e. The van der Waals surface area contributed by atoms with Crippen LogP contribution in [-0.4, -0.2) is 39.3 Å². The number of amides is 1. The fourth-order valence-corrected chi connectivity index (χ4v) is 2.81. The van der Waals surface area contributed by atoms with Crippen LogP contribution in [0.4, 0.5) is 0 Å². The van der Waals surface area contributed by atoms with Gasteiger partial charge in [0.2, 0.25) is 5.91 Å². The van der Waals surface area contributed by atoms with E-state index in [-0.39, 0.29) is 5.91 Å². The lowest BCUT2D eigenvalue weighted by Crippen LogP contribution is -2.38. The first-order valence-electron chi connectivity index (χ1n) is 7.94. The maximum absolute atomic E-state index is 11.8. The summed E-state index contributed by atoms with van der Waals surface area (Å²) in [6, 6.07) is 6.35. The Morgan fingerprint density at radius 3 is 2.59 bits per heavy atom. The van der Waals surface area contributed by atoms with Crippen molar-refractivity contribution < 1.29 is 14.3 Å². The van der Waals surface area contributed by atoms with E-state index in [1.54, 1.807) is 14.2 Å². The molecule has 0 aromatic heterocycles. The highest BCUT2D eigenvalue weighted by molar-refractivity contribution is 5.78. The van der Waals surface area contributed by atoms with Crippen molar-refractivity contribution in [2.24, 2.45) is 0 Å². The molecule has 0 heterocycles. The Morgan fingerprint density at radius 2 is 1.91 bits per heavy atom. The normalized spacial score (nSPS) is 14.8. The Labute approximate surface area is 132 Å². The second-order valence-corrected chi connectivity index (χ2v) is 5.65. The summed E-state index contributed by atoms with van der Waals surface area (Å²) in [5.41, 5.74) is 1.11. The molecule has 1 amide bonds. The van der Waals surface area contributed by atoms with Gasteiger partial charge in [0.15, 0.2) is 11.5 Å². The minimum Gasteiger partial charge on any atom is -0.493 e. The molecule has 0 bridgehead atoms. The number of rotatable bonds is 8. The third-order valence-electron chi connectivity index (χ3n) is 4.09. The summed E-state index contributed by atoms with van der Waals surface area (Å²) < 4.78 is 10.5. The molecule has 1 aromatic rings. The number of nitrogens with one attached hydrogen (secondary N) is 2. The van der Waals surface area contributed by atoms with Gasteiger partial charge in [-0.05, 0) is 37.0 Å². The van der Waals surface area contributed by atoms with Gasteiger partial charge in [0.05, 0.1) is 20.8 Å². The van der Waals surface area contributed by atoms with Gasteiger partial charge < -0.3 is 20.1 Å². The van der Waals surface area contributed by atoms with Gasteiger partial charge in [-0.25, -0.2) is 0 Å². The van der Waals surface area contributed by atoms with E-state index in [0.717, 1.165) is 17.7 Å².